The zero-order chi connectivity index (χ0) is 22.5. The molecule has 8 nitrogen and oxygen atoms in total. The van der Waals surface area contributed by atoms with E-state index in [1.807, 2.05) is 6.92 Å². The fraction of sp³-hybridized carbons (Fsp3) is 0.522. The highest BCUT2D eigenvalue weighted by molar-refractivity contribution is 7.91. The molecule has 3 aromatic rings. The predicted octanol–water partition coefficient (Wildman–Crippen LogP) is 3.67. The largest absolute Gasteiger partial charge is 0.463 e. The molecular formula is C23H28N4O4S. The van der Waals surface area contributed by atoms with E-state index in [2.05, 4.69) is 17.3 Å². The second-order valence-corrected chi connectivity index (χ2v) is 11.4. The molecule has 1 aliphatic carbocycles. The van der Waals surface area contributed by atoms with Gasteiger partial charge in [0.1, 0.15) is 5.69 Å². The van der Waals surface area contributed by atoms with Crippen LogP contribution in [0.2, 0.25) is 0 Å². The fourth-order valence-corrected chi connectivity index (χ4v) is 6.73. The predicted molar refractivity (Wildman–Crippen MR) is 121 cm³/mol. The second-order valence-electron chi connectivity index (χ2n) is 9.16. The third-order valence-electron chi connectivity index (χ3n) is 6.84. The van der Waals surface area contributed by atoms with Crippen LogP contribution in [-0.2, 0) is 9.84 Å². The van der Waals surface area contributed by atoms with Crippen LogP contribution in [0.3, 0.4) is 0 Å². The molecule has 3 atom stereocenters. The summed E-state index contributed by atoms with van der Waals surface area (Å²) in [6.07, 6.45) is 6.46. The molecule has 1 saturated heterocycles. The van der Waals surface area contributed by atoms with Gasteiger partial charge in [-0.3, -0.25) is 4.79 Å². The molecule has 2 aliphatic rings. The minimum atomic E-state index is -3.09. The summed E-state index contributed by atoms with van der Waals surface area (Å²) >= 11 is 0. The summed E-state index contributed by atoms with van der Waals surface area (Å²) in [5.41, 5.74) is 2.24. The molecule has 0 radical (unpaired) electrons. The molecule has 3 aromatic heterocycles. The summed E-state index contributed by atoms with van der Waals surface area (Å²) in [6.45, 7) is 4.03. The summed E-state index contributed by atoms with van der Waals surface area (Å²) in [6, 6.07) is 5.18. The number of furan rings is 1. The zero-order valence-electron chi connectivity index (χ0n) is 18.4. The average Bonchev–Trinajstić information content (AvgIpc) is 3.48. The lowest BCUT2D eigenvalue weighted by Crippen LogP contribution is -2.41. The molecule has 1 N–H and O–H groups in total. The Morgan fingerprint density at radius 1 is 1.25 bits per heavy atom. The molecule has 3 unspecified atom stereocenters. The Morgan fingerprint density at radius 2 is 2.06 bits per heavy atom. The first kappa shape index (κ1) is 21.2. The molecular weight excluding hydrogens is 428 g/mol. The number of nitrogens with zero attached hydrogens (tertiary/aromatic N) is 3. The van der Waals surface area contributed by atoms with Crippen molar-refractivity contribution in [1.29, 1.82) is 0 Å². The number of pyridine rings is 1. The van der Waals surface area contributed by atoms with E-state index in [0.717, 1.165) is 19.3 Å². The van der Waals surface area contributed by atoms with Crippen molar-refractivity contribution >= 4 is 26.8 Å². The monoisotopic (exact) mass is 456 g/mol. The van der Waals surface area contributed by atoms with Crippen molar-refractivity contribution < 1.29 is 17.6 Å². The van der Waals surface area contributed by atoms with Crippen LogP contribution < -0.4 is 5.32 Å². The quantitative estimate of drug-likeness (QED) is 0.642. The van der Waals surface area contributed by atoms with Crippen molar-refractivity contribution in [2.24, 2.45) is 5.92 Å². The maximum atomic E-state index is 13.5. The molecule has 0 bridgehead atoms. The van der Waals surface area contributed by atoms with Crippen molar-refractivity contribution in [3.8, 4) is 11.5 Å². The van der Waals surface area contributed by atoms with Gasteiger partial charge in [-0.05, 0) is 50.3 Å². The standard InChI is InChI=1S/C23H28N4O4S/c1-14-6-3-4-7-18(14)25-23(28)17-12-19(20-8-5-10-31-20)24-22-21(17)15(2)26-27(22)16-9-11-32(29,30)13-16/h5,8,10,12,14,16,18H,3-4,6-7,9,11,13H2,1-2H3,(H,25,28). The van der Waals surface area contributed by atoms with Crippen molar-refractivity contribution in [2.75, 3.05) is 11.5 Å². The van der Waals surface area contributed by atoms with Crippen LogP contribution in [0, 0.1) is 12.8 Å². The molecule has 170 valence electrons. The van der Waals surface area contributed by atoms with Crippen LogP contribution in [0.25, 0.3) is 22.5 Å². The minimum absolute atomic E-state index is 0.0387. The van der Waals surface area contributed by atoms with Gasteiger partial charge in [0.15, 0.2) is 21.2 Å². The number of aryl methyl sites for hydroxylation is 1. The van der Waals surface area contributed by atoms with Gasteiger partial charge in [0.25, 0.3) is 5.91 Å². The van der Waals surface area contributed by atoms with Gasteiger partial charge in [0, 0.05) is 6.04 Å². The van der Waals surface area contributed by atoms with Crippen molar-refractivity contribution in [3.63, 3.8) is 0 Å². The maximum Gasteiger partial charge on any atom is 0.252 e. The van der Waals surface area contributed by atoms with Gasteiger partial charge in [-0.25, -0.2) is 18.1 Å². The van der Waals surface area contributed by atoms with E-state index in [9.17, 15) is 13.2 Å². The molecule has 5 rings (SSSR count). The van der Waals surface area contributed by atoms with Gasteiger partial charge in [0.05, 0.1) is 40.5 Å². The highest BCUT2D eigenvalue weighted by atomic mass is 32.2. The number of hydrogen-bond acceptors (Lipinski definition) is 6. The Morgan fingerprint density at radius 3 is 2.75 bits per heavy atom. The van der Waals surface area contributed by atoms with E-state index >= 15 is 0 Å². The number of amides is 1. The van der Waals surface area contributed by atoms with Gasteiger partial charge in [-0.2, -0.15) is 5.10 Å². The lowest BCUT2D eigenvalue weighted by molar-refractivity contribution is 0.0912. The Kier molecular flexibility index (Phi) is 5.31. The van der Waals surface area contributed by atoms with Gasteiger partial charge >= 0.3 is 0 Å². The molecule has 32 heavy (non-hydrogen) atoms. The topological polar surface area (TPSA) is 107 Å². The first-order valence-corrected chi connectivity index (χ1v) is 13.1. The van der Waals surface area contributed by atoms with Crippen molar-refractivity contribution in [2.45, 2.75) is 58.0 Å². The lowest BCUT2D eigenvalue weighted by Gasteiger charge is -2.29. The van der Waals surface area contributed by atoms with Crippen LogP contribution >= 0.6 is 0 Å². The molecule has 1 amide bonds. The normalized spacial score (nSPS) is 25.2. The van der Waals surface area contributed by atoms with Crippen LogP contribution in [-0.4, -0.2) is 46.6 Å². The number of fused-ring (bicyclic) bond motifs is 1. The first-order chi connectivity index (χ1) is 15.3. The summed E-state index contributed by atoms with van der Waals surface area (Å²) in [5, 5.41) is 8.55. The number of rotatable bonds is 4. The summed E-state index contributed by atoms with van der Waals surface area (Å²) in [5.74, 6) is 1.02. The minimum Gasteiger partial charge on any atom is -0.463 e. The highest BCUT2D eigenvalue weighted by Crippen LogP contribution is 2.32. The van der Waals surface area contributed by atoms with E-state index in [-0.39, 0.29) is 29.5 Å². The van der Waals surface area contributed by atoms with Gasteiger partial charge < -0.3 is 9.73 Å². The molecule has 4 heterocycles. The zero-order valence-corrected chi connectivity index (χ0v) is 19.2. The van der Waals surface area contributed by atoms with Crippen LogP contribution in [0.5, 0.6) is 0 Å². The molecule has 1 saturated carbocycles. The number of carbonyl (C=O) groups excluding carboxylic acids is 1. The first-order valence-electron chi connectivity index (χ1n) is 11.3. The van der Waals surface area contributed by atoms with Gasteiger partial charge in [-0.1, -0.05) is 19.8 Å². The number of aromatic nitrogens is 3. The van der Waals surface area contributed by atoms with Crippen molar-refractivity contribution in [3.05, 3.63) is 35.7 Å². The highest BCUT2D eigenvalue weighted by Gasteiger charge is 2.33. The van der Waals surface area contributed by atoms with Crippen LogP contribution in [0.15, 0.2) is 28.9 Å². The summed E-state index contributed by atoms with van der Waals surface area (Å²) in [4.78, 5) is 18.2. The van der Waals surface area contributed by atoms with E-state index < -0.39 is 9.84 Å². The Hall–Kier alpha value is -2.68. The third-order valence-corrected chi connectivity index (χ3v) is 8.59. The lowest BCUT2D eigenvalue weighted by atomic mass is 9.86. The summed E-state index contributed by atoms with van der Waals surface area (Å²) < 4.78 is 31.4. The average molecular weight is 457 g/mol. The third kappa shape index (κ3) is 3.83. The number of hydrogen-bond donors (Lipinski definition) is 1. The smallest absolute Gasteiger partial charge is 0.252 e. The van der Waals surface area contributed by atoms with Crippen LogP contribution in [0.1, 0.15) is 61.1 Å². The SMILES string of the molecule is Cc1nn(C2CCS(=O)(=O)C2)c2nc(-c3ccco3)cc(C(=O)NC3CCCCC3C)c12. The molecule has 2 fully saturated rings. The summed E-state index contributed by atoms with van der Waals surface area (Å²) in [7, 11) is -3.09. The van der Waals surface area contributed by atoms with E-state index in [1.54, 1.807) is 29.1 Å². The molecule has 0 spiro atoms. The van der Waals surface area contributed by atoms with Crippen LogP contribution in [0.4, 0.5) is 0 Å². The molecule has 9 heteroatoms. The van der Waals surface area contributed by atoms with E-state index in [1.165, 1.54) is 6.42 Å². The van der Waals surface area contributed by atoms with E-state index in [4.69, 9.17) is 9.40 Å². The number of nitrogens with one attached hydrogen (secondary N) is 1. The molecule has 1 aliphatic heterocycles. The van der Waals surface area contributed by atoms with E-state index in [0.29, 0.717) is 46.1 Å². The Balaban J connectivity index is 1.62. The number of carbonyl (C=O) groups is 1. The Bertz CT molecular complexity index is 1260. The Labute approximate surface area is 187 Å². The fourth-order valence-electron chi connectivity index (χ4n) is 5.04. The van der Waals surface area contributed by atoms with Crippen molar-refractivity contribution in [1.82, 2.24) is 20.1 Å². The van der Waals surface area contributed by atoms with Gasteiger partial charge in [0.2, 0.25) is 0 Å². The second kappa shape index (κ2) is 8.03. The molecule has 0 aromatic carbocycles. The number of sulfone groups is 1. The maximum absolute atomic E-state index is 13.5. The van der Waals surface area contributed by atoms with Gasteiger partial charge in [-0.15, -0.1) is 0 Å².